The van der Waals surface area contributed by atoms with E-state index in [-0.39, 0.29) is 0 Å². The number of nitrogens with one attached hydrogen (secondary N) is 1. The molecule has 0 saturated heterocycles. The van der Waals surface area contributed by atoms with Gasteiger partial charge in [-0.25, -0.2) is 4.68 Å². The quantitative estimate of drug-likeness (QED) is 0.938. The van der Waals surface area contributed by atoms with Crippen LogP contribution in [0.15, 0.2) is 24.5 Å². The third-order valence-electron chi connectivity index (χ3n) is 4.28. The zero-order chi connectivity index (χ0) is 14.7. The lowest BCUT2D eigenvalue weighted by atomic mass is 9.83. The number of anilines is 1. The highest BCUT2D eigenvalue weighted by atomic mass is 35.5. The minimum absolute atomic E-state index is 0.732. The Morgan fingerprint density at radius 1 is 1.29 bits per heavy atom. The highest BCUT2D eigenvalue weighted by Crippen LogP contribution is 2.30. The van der Waals surface area contributed by atoms with Crippen molar-refractivity contribution in [3.05, 3.63) is 29.5 Å². The van der Waals surface area contributed by atoms with Crippen LogP contribution in [0.25, 0.3) is 5.69 Å². The smallest absolute Gasteiger partial charge is 0.143 e. The molecule has 112 valence electrons. The molecule has 0 bridgehead atoms. The third kappa shape index (κ3) is 3.53. The molecule has 0 radical (unpaired) electrons. The van der Waals surface area contributed by atoms with Crippen LogP contribution in [-0.2, 0) is 0 Å². The van der Waals surface area contributed by atoms with Crippen LogP contribution < -0.4 is 5.32 Å². The average Bonchev–Trinajstić information content (AvgIpc) is 3.02. The first-order chi connectivity index (χ1) is 10.2. The summed E-state index contributed by atoms with van der Waals surface area (Å²) in [6, 6.07) is 5.78. The fourth-order valence-electron chi connectivity index (χ4n) is 2.86. The number of nitrogens with zero attached hydrogens (tertiary/aromatic N) is 4. The van der Waals surface area contributed by atoms with E-state index in [1.807, 2.05) is 18.2 Å². The number of aromatic nitrogens is 4. The molecule has 1 aliphatic carbocycles. The molecular weight excluding hydrogens is 286 g/mol. The molecule has 0 spiro atoms. The predicted octanol–water partition coefficient (Wildman–Crippen LogP) is 3.55. The van der Waals surface area contributed by atoms with E-state index in [0.29, 0.717) is 0 Å². The summed E-state index contributed by atoms with van der Waals surface area (Å²) in [4.78, 5) is 0. The molecule has 0 atom stereocenters. The second-order valence-electron chi connectivity index (χ2n) is 5.93. The highest BCUT2D eigenvalue weighted by Gasteiger charge is 2.18. The molecule has 0 amide bonds. The summed E-state index contributed by atoms with van der Waals surface area (Å²) >= 11 is 6.28. The van der Waals surface area contributed by atoms with Crippen molar-refractivity contribution in [2.24, 2.45) is 11.8 Å². The van der Waals surface area contributed by atoms with E-state index in [1.54, 1.807) is 11.0 Å². The molecule has 6 heteroatoms. The zero-order valence-corrected chi connectivity index (χ0v) is 12.9. The minimum Gasteiger partial charge on any atom is -0.384 e. The lowest BCUT2D eigenvalue weighted by Gasteiger charge is -2.26. The molecule has 1 aromatic carbocycles. The maximum atomic E-state index is 6.28. The molecule has 1 N–H and O–H groups in total. The monoisotopic (exact) mass is 305 g/mol. The number of tetrazole rings is 1. The number of benzene rings is 1. The number of hydrogen-bond donors (Lipinski definition) is 1. The van der Waals surface area contributed by atoms with Crippen molar-refractivity contribution in [1.82, 2.24) is 20.2 Å². The Labute approximate surface area is 129 Å². The molecule has 0 aliphatic heterocycles. The fraction of sp³-hybridized carbons (Fsp3) is 0.533. The van der Waals surface area contributed by atoms with Crippen LogP contribution in [0.5, 0.6) is 0 Å². The van der Waals surface area contributed by atoms with Gasteiger partial charge in [-0.05, 0) is 53.3 Å². The van der Waals surface area contributed by atoms with Crippen molar-refractivity contribution in [3.63, 3.8) is 0 Å². The van der Waals surface area contributed by atoms with Gasteiger partial charge in [0.25, 0.3) is 0 Å². The van der Waals surface area contributed by atoms with Gasteiger partial charge >= 0.3 is 0 Å². The lowest BCUT2D eigenvalue weighted by Crippen LogP contribution is -2.20. The Balaban J connectivity index is 1.66. The summed E-state index contributed by atoms with van der Waals surface area (Å²) in [5, 5.41) is 15.4. The highest BCUT2D eigenvalue weighted by molar-refractivity contribution is 6.33. The minimum atomic E-state index is 0.732. The van der Waals surface area contributed by atoms with Gasteiger partial charge in [0.1, 0.15) is 6.33 Å². The molecule has 1 aliphatic rings. The molecule has 1 saturated carbocycles. The second-order valence-corrected chi connectivity index (χ2v) is 6.33. The molecular formula is C15H20ClN5. The van der Waals surface area contributed by atoms with Crippen LogP contribution in [-0.4, -0.2) is 26.8 Å². The van der Waals surface area contributed by atoms with Crippen molar-refractivity contribution in [2.45, 2.75) is 32.6 Å². The van der Waals surface area contributed by atoms with E-state index in [1.165, 1.54) is 25.7 Å². The van der Waals surface area contributed by atoms with Crippen LogP contribution in [0, 0.1) is 11.8 Å². The largest absolute Gasteiger partial charge is 0.384 e. The molecule has 0 unspecified atom stereocenters. The number of halogens is 1. The first-order valence-electron chi connectivity index (χ1n) is 7.49. The molecule has 1 heterocycles. The van der Waals surface area contributed by atoms with Gasteiger partial charge in [-0.15, -0.1) is 5.10 Å². The molecule has 21 heavy (non-hydrogen) atoms. The molecule has 5 nitrogen and oxygen atoms in total. The van der Waals surface area contributed by atoms with E-state index in [0.717, 1.165) is 34.8 Å². The summed E-state index contributed by atoms with van der Waals surface area (Å²) in [5.41, 5.74) is 1.85. The summed E-state index contributed by atoms with van der Waals surface area (Å²) in [7, 11) is 0. The van der Waals surface area contributed by atoms with Crippen molar-refractivity contribution >= 4 is 17.3 Å². The van der Waals surface area contributed by atoms with Crippen molar-refractivity contribution in [2.75, 3.05) is 11.9 Å². The summed E-state index contributed by atoms with van der Waals surface area (Å²) in [6.45, 7) is 3.32. The Kier molecular flexibility index (Phi) is 4.39. The first kappa shape index (κ1) is 14.3. The maximum absolute atomic E-state index is 6.28. The molecule has 1 aromatic heterocycles. The van der Waals surface area contributed by atoms with Crippen molar-refractivity contribution < 1.29 is 0 Å². The van der Waals surface area contributed by atoms with E-state index < -0.39 is 0 Å². The second kappa shape index (κ2) is 6.43. The van der Waals surface area contributed by atoms with Crippen molar-refractivity contribution in [3.8, 4) is 5.69 Å². The van der Waals surface area contributed by atoms with Crippen molar-refractivity contribution in [1.29, 1.82) is 0 Å². The molecule has 3 rings (SSSR count). The van der Waals surface area contributed by atoms with Crippen LogP contribution in [0.3, 0.4) is 0 Å². The van der Waals surface area contributed by atoms with E-state index >= 15 is 0 Å². The topological polar surface area (TPSA) is 55.6 Å². The number of rotatable bonds is 4. The van der Waals surface area contributed by atoms with Gasteiger partial charge in [0.05, 0.1) is 16.4 Å². The summed E-state index contributed by atoms with van der Waals surface area (Å²) in [5.74, 6) is 1.63. The first-order valence-corrected chi connectivity index (χ1v) is 7.87. The van der Waals surface area contributed by atoms with Gasteiger partial charge in [-0.1, -0.05) is 31.4 Å². The lowest BCUT2D eigenvalue weighted by molar-refractivity contribution is 0.300. The Bertz CT molecular complexity index is 576. The molecule has 2 aromatic rings. The average molecular weight is 306 g/mol. The standard InChI is InChI=1S/C15H20ClN5/c1-11-2-4-12(5-3-11)9-17-15-8-13(6-7-14(15)16)21-10-18-19-20-21/h6-8,10-12,17H,2-5,9H2,1H3. The third-order valence-corrected chi connectivity index (χ3v) is 4.61. The summed E-state index contributed by atoms with van der Waals surface area (Å²) < 4.78 is 1.63. The Morgan fingerprint density at radius 3 is 2.81 bits per heavy atom. The summed E-state index contributed by atoms with van der Waals surface area (Å²) in [6.07, 6.45) is 6.86. The van der Waals surface area contributed by atoms with Crippen LogP contribution in [0.2, 0.25) is 5.02 Å². The normalized spacial score (nSPS) is 22.2. The Hall–Kier alpha value is -1.62. The number of hydrogen-bond acceptors (Lipinski definition) is 4. The predicted molar refractivity (Wildman–Crippen MR) is 83.8 cm³/mol. The van der Waals surface area contributed by atoms with E-state index in [2.05, 4.69) is 27.8 Å². The van der Waals surface area contributed by atoms with Crippen LogP contribution in [0.4, 0.5) is 5.69 Å². The van der Waals surface area contributed by atoms with Crippen LogP contribution in [0.1, 0.15) is 32.6 Å². The van der Waals surface area contributed by atoms with Gasteiger partial charge in [0.15, 0.2) is 0 Å². The fourth-order valence-corrected chi connectivity index (χ4v) is 3.04. The van der Waals surface area contributed by atoms with E-state index in [4.69, 9.17) is 11.6 Å². The van der Waals surface area contributed by atoms with Gasteiger partial charge in [0, 0.05) is 6.54 Å². The molecule has 1 fully saturated rings. The van der Waals surface area contributed by atoms with Crippen LogP contribution >= 0.6 is 11.6 Å². The SMILES string of the molecule is CC1CCC(CNc2cc(-n3cnnn3)ccc2Cl)CC1. The van der Waals surface area contributed by atoms with Gasteiger partial charge in [-0.3, -0.25) is 0 Å². The van der Waals surface area contributed by atoms with Gasteiger partial charge in [0.2, 0.25) is 0 Å². The maximum Gasteiger partial charge on any atom is 0.143 e. The van der Waals surface area contributed by atoms with Gasteiger partial charge < -0.3 is 5.32 Å². The van der Waals surface area contributed by atoms with E-state index in [9.17, 15) is 0 Å². The zero-order valence-electron chi connectivity index (χ0n) is 12.2. The Morgan fingerprint density at radius 2 is 2.10 bits per heavy atom. The van der Waals surface area contributed by atoms with Gasteiger partial charge in [-0.2, -0.15) is 0 Å².